The molecular weight excluding hydrogens is 278 g/mol. The topological polar surface area (TPSA) is 37.8 Å². The second kappa shape index (κ2) is 5.89. The lowest BCUT2D eigenvalue weighted by molar-refractivity contribution is 0.566. The lowest BCUT2D eigenvalue weighted by Gasteiger charge is -2.13. The number of hydrogen-bond donors (Lipinski definition) is 1. The van der Waals surface area contributed by atoms with E-state index < -0.39 is 0 Å². The average molecular weight is 292 g/mol. The predicted molar refractivity (Wildman–Crippen MR) is 71.4 cm³/mol. The van der Waals surface area contributed by atoms with E-state index in [9.17, 15) is 0 Å². The van der Waals surface area contributed by atoms with Gasteiger partial charge in [-0.05, 0) is 46.6 Å². The molecule has 2 heterocycles. The Balaban J connectivity index is 1.95. The zero-order valence-corrected chi connectivity index (χ0v) is 11.2. The summed E-state index contributed by atoms with van der Waals surface area (Å²) in [5.74, 6) is 0. The van der Waals surface area contributed by atoms with Crippen LogP contribution in [0.1, 0.15) is 24.2 Å². The summed E-state index contributed by atoms with van der Waals surface area (Å²) in [4.78, 5) is 8.49. The van der Waals surface area contributed by atoms with Crippen LogP contribution in [0.3, 0.4) is 0 Å². The molecule has 0 saturated heterocycles. The summed E-state index contributed by atoms with van der Waals surface area (Å²) >= 11 is 3.37. The minimum Gasteiger partial charge on any atom is -0.305 e. The van der Waals surface area contributed by atoms with Gasteiger partial charge in [-0.2, -0.15) is 0 Å². The molecule has 0 unspecified atom stereocenters. The standard InChI is InChI=1S/C13H14BrN3/c1-10(11-4-3-7-15-8-11)16-9-12-5-2-6-13(14)17-12/h2-8,10,16H,9H2,1H3/t10-/m0/s1. The fourth-order valence-corrected chi connectivity index (χ4v) is 1.94. The highest BCUT2D eigenvalue weighted by molar-refractivity contribution is 9.10. The maximum Gasteiger partial charge on any atom is 0.106 e. The molecule has 2 rings (SSSR count). The van der Waals surface area contributed by atoms with E-state index in [0.717, 1.165) is 16.8 Å². The van der Waals surface area contributed by atoms with Crippen molar-refractivity contribution in [3.05, 3.63) is 58.6 Å². The van der Waals surface area contributed by atoms with Gasteiger partial charge in [0.15, 0.2) is 0 Å². The molecule has 0 fully saturated rings. The molecule has 4 heteroatoms. The van der Waals surface area contributed by atoms with Crippen molar-refractivity contribution in [3.8, 4) is 0 Å². The Bertz CT molecular complexity index is 473. The fraction of sp³-hybridized carbons (Fsp3) is 0.231. The first kappa shape index (κ1) is 12.2. The van der Waals surface area contributed by atoms with Crippen LogP contribution in [-0.4, -0.2) is 9.97 Å². The van der Waals surface area contributed by atoms with Crippen LogP contribution in [0.15, 0.2) is 47.3 Å². The van der Waals surface area contributed by atoms with E-state index in [1.54, 1.807) is 6.20 Å². The largest absolute Gasteiger partial charge is 0.305 e. The van der Waals surface area contributed by atoms with Crippen LogP contribution in [-0.2, 0) is 6.54 Å². The van der Waals surface area contributed by atoms with Crippen molar-refractivity contribution in [2.24, 2.45) is 0 Å². The van der Waals surface area contributed by atoms with Gasteiger partial charge in [-0.25, -0.2) is 4.98 Å². The number of nitrogens with one attached hydrogen (secondary N) is 1. The minimum absolute atomic E-state index is 0.268. The van der Waals surface area contributed by atoms with Gasteiger partial charge >= 0.3 is 0 Å². The molecule has 3 nitrogen and oxygen atoms in total. The normalized spacial score (nSPS) is 12.4. The van der Waals surface area contributed by atoms with Crippen LogP contribution >= 0.6 is 15.9 Å². The Labute approximate surface area is 109 Å². The van der Waals surface area contributed by atoms with E-state index in [2.05, 4.69) is 44.2 Å². The van der Waals surface area contributed by atoms with Gasteiger partial charge < -0.3 is 5.32 Å². The highest BCUT2D eigenvalue weighted by Crippen LogP contribution is 2.11. The van der Waals surface area contributed by atoms with Gasteiger partial charge in [0.2, 0.25) is 0 Å². The Morgan fingerprint density at radius 3 is 2.88 bits per heavy atom. The molecule has 1 atom stereocenters. The van der Waals surface area contributed by atoms with Crippen LogP contribution in [0.2, 0.25) is 0 Å². The van der Waals surface area contributed by atoms with E-state index >= 15 is 0 Å². The lowest BCUT2D eigenvalue weighted by Crippen LogP contribution is -2.18. The molecule has 0 amide bonds. The molecule has 0 bridgehead atoms. The van der Waals surface area contributed by atoms with Crippen LogP contribution < -0.4 is 5.32 Å². The smallest absolute Gasteiger partial charge is 0.106 e. The molecule has 2 aromatic heterocycles. The molecule has 0 radical (unpaired) electrons. The predicted octanol–water partition coefficient (Wildman–Crippen LogP) is 3.09. The average Bonchev–Trinajstić information content (AvgIpc) is 2.37. The number of halogens is 1. The van der Waals surface area contributed by atoms with Crippen molar-refractivity contribution in [3.63, 3.8) is 0 Å². The van der Waals surface area contributed by atoms with Gasteiger partial charge in [0, 0.05) is 25.0 Å². The molecular formula is C13H14BrN3. The number of aromatic nitrogens is 2. The van der Waals surface area contributed by atoms with Crippen molar-refractivity contribution < 1.29 is 0 Å². The molecule has 0 saturated carbocycles. The molecule has 88 valence electrons. The second-order valence-corrected chi connectivity index (χ2v) is 4.65. The summed E-state index contributed by atoms with van der Waals surface area (Å²) in [6.07, 6.45) is 3.66. The highest BCUT2D eigenvalue weighted by atomic mass is 79.9. The zero-order valence-electron chi connectivity index (χ0n) is 9.60. The summed E-state index contributed by atoms with van der Waals surface area (Å²) in [5, 5.41) is 3.42. The number of hydrogen-bond acceptors (Lipinski definition) is 3. The minimum atomic E-state index is 0.268. The van der Waals surface area contributed by atoms with E-state index in [1.165, 1.54) is 5.56 Å². The van der Waals surface area contributed by atoms with E-state index in [-0.39, 0.29) is 6.04 Å². The van der Waals surface area contributed by atoms with Crippen LogP contribution in [0, 0.1) is 0 Å². The third kappa shape index (κ3) is 3.61. The third-order valence-electron chi connectivity index (χ3n) is 2.55. The van der Waals surface area contributed by atoms with Gasteiger partial charge in [-0.1, -0.05) is 12.1 Å². The maximum atomic E-state index is 4.38. The molecule has 0 aromatic carbocycles. The Hall–Kier alpha value is -1.26. The maximum absolute atomic E-state index is 4.38. The van der Waals surface area contributed by atoms with Crippen molar-refractivity contribution in [1.29, 1.82) is 0 Å². The van der Waals surface area contributed by atoms with Crippen molar-refractivity contribution >= 4 is 15.9 Å². The SMILES string of the molecule is C[C@H](NCc1cccc(Br)n1)c1cccnc1. The first-order chi connectivity index (χ1) is 8.25. The number of pyridine rings is 2. The van der Waals surface area contributed by atoms with Crippen LogP contribution in [0.25, 0.3) is 0 Å². The molecule has 0 aliphatic carbocycles. The molecule has 0 aliphatic rings. The van der Waals surface area contributed by atoms with Crippen LogP contribution in [0.4, 0.5) is 0 Å². The lowest BCUT2D eigenvalue weighted by atomic mass is 10.1. The molecule has 0 aliphatic heterocycles. The Kier molecular flexibility index (Phi) is 4.23. The van der Waals surface area contributed by atoms with E-state index in [4.69, 9.17) is 0 Å². The monoisotopic (exact) mass is 291 g/mol. The summed E-state index contributed by atoms with van der Waals surface area (Å²) in [7, 11) is 0. The van der Waals surface area contributed by atoms with Gasteiger partial charge in [0.05, 0.1) is 5.69 Å². The van der Waals surface area contributed by atoms with Crippen molar-refractivity contribution in [1.82, 2.24) is 15.3 Å². The van der Waals surface area contributed by atoms with E-state index in [0.29, 0.717) is 0 Å². The molecule has 17 heavy (non-hydrogen) atoms. The number of nitrogens with zero attached hydrogens (tertiary/aromatic N) is 2. The van der Waals surface area contributed by atoms with E-state index in [1.807, 2.05) is 30.5 Å². The molecule has 0 spiro atoms. The van der Waals surface area contributed by atoms with Crippen LogP contribution in [0.5, 0.6) is 0 Å². The Morgan fingerprint density at radius 1 is 1.29 bits per heavy atom. The summed E-state index contributed by atoms with van der Waals surface area (Å²) in [6, 6.07) is 10.2. The van der Waals surface area contributed by atoms with Gasteiger partial charge in [-0.3, -0.25) is 4.98 Å². The second-order valence-electron chi connectivity index (χ2n) is 3.84. The fourth-order valence-electron chi connectivity index (χ4n) is 1.56. The summed E-state index contributed by atoms with van der Waals surface area (Å²) in [5.41, 5.74) is 2.21. The first-order valence-electron chi connectivity index (χ1n) is 5.50. The zero-order chi connectivity index (χ0) is 12.1. The summed E-state index contributed by atoms with van der Waals surface area (Å²) < 4.78 is 0.867. The first-order valence-corrected chi connectivity index (χ1v) is 6.30. The quantitative estimate of drug-likeness (QED) is 0.880. The van der Waals surface area contributed by atoms with Crippen molar-refractivity contribution in [2.75, 3.05) is 0 Å². The van der Waals surface area contributed by atoms with Gasteiger partial charge in [0.1, 0.15) is 4.60 Å². The Morgan fingerprint density at radius 2 is 2.18 bits per heavy atom. The number of rotatable bonds is 4. The molecule has 1 N–H and O–H groups in total. The van der Waals surface area contributed by atoms with Crippen molar-refractivity contribution in [2.45, 2.75) is 19.5 Å². The molecule has 2 aromatic rings. The summed E-state index contributed by atoms with van der Waals surface area (Å²) in [6.45, 7) is 2.87. The van der Waals surface area contributed by atoms with Gasteiger partial charge in [0.25, 0.3) is 0 Å². The third-order valence-corrected chi connectivity index (χ3v) is 2.99. The highest BCUT2D eigenvalue weighted by Gasteiger charge is 2.04. The van der Waals surface area contributed by atoms with Gasteiger partial charge in [-0.15, -0.1) is 0 Å².